The van der Waals surface area contributed by atoms with Gasteiger partial charge in [0.1, 0.15) is 10.9 Å². The van der Waals surface area contributed by atoms with Gasteiger partial charge in [0.2, 0.25) is 0 Å². The molecule has 6 heteroatoms. The van der Waals surface area contributed by atoms with Crippen molar-refractivity contribution < 1.29 is 4.39 Å². The summed E-state index contributed by atoms with van der Waals surface area (Å²) in [5.74, 6) is 0.261. The van der Waals surface area contributed by atoms with Crippen molar-refractivity contribution in [3.8, 4) is 0 Å². The second-order valence-corrected chi connectivity index (χ2v) is 7.87. The number of aryl methyl sites for hydroxylation is 1. The molecule has 0 aromatic carbocycles. The van der Waals surface area contributed by atoms with E-state index in [1.807, 2.05) is 20.8 Å². The molecule has 2 heterocycles. The SMILES string of the molecule is C=C(SC(/N=C(\N)c1cc(F)c2nc(C)cn2c1)=C(C)C)C(C)CCC. The molecule has 0 fully saturated rings. The van der Waals surface area contributed by atoms with Crippen molar-refractivity contribution in [3.63, 3.8) is 0 Å². The first-order chi connectivity index (χ1) is 12.2. The third kappa shape index (κ3) is 4.75. The van der Waals surface area contributed by atoms with Crippen LogP contribution in [0.4, 0.5) is 4.39 Å². The van der Waals surface area contributed by atoms with Crippen LogP contribution in [-0.2, 0) is 0 Å². The number of hydrogen-bond acceptors (Lipinski definition) is 3. The zero-order valence-corrected chi connectivity index (χ0v) is 17.0. The minimum absolute atomic E-state index is 0.275. The van der Waals surface area contributed by atoms with E-state index in [-0.39, 0.29) is 11.5 Å². The fourth-order valence-corrected chi connectivity index (χ4v) is 3.46. The minimum atomic E-state index is -0.416. The number of hydrogen-bond donors (Lipinski definition) is 1. The predicted octanol–water partition coefficient (Wildman–Crippen LogP) is 5.42. The van der Waals surface area contributed by atoms with Gasteiger partial charge in [-0.2, -0.15) is 0 Å². The number of thioether (sulfide) groups is 1. The summed E-state index contributed by atoms with van der Waals surface area (Å²) in [6, 6.07) is 1.38. The summed E-state index contributed by atoms with van der Waals surface area (Å²) in [4.78, 5) is 9.78. The van der Waals surface area contributed by atoms with Gasteiger partial charge >= 0.3 is 0 Å². The van der Waals surface area contributed by atoms with Crippen LogP contribution in [0.2, 0.25) is 0 Å². The first kappa shape index (κ1) is 20.2. The van der Waals surface area contributed by atoms with Crippen molar-refractivity contribution in [2.24, 2.45) is 16.6 Å². The normalized spacial score (nSPS) is 13.1. The second kappa shape index (κ2) is 8.54. The molecule has 0 radical (unpaired) electrons. The maximum absolute atomic E-state index is 14.3. The van der Waals surface area contributed by atoms with E-state index in [1.165, 1.54) is 6.07 Å². The first-order valence-corrected chi connectivity index (χ1v) is 9.58. The molecule has 1 atom stereocenters. The molecule has 2 aromatic heterocycles. The van der Waals surface area contributed by atoms with Gasteiger partial charge in [-0.1, -0.05) is 38.6 Å². The molecular weight excluding hydrogens is 347 g/mol. The summed E-state index contributed by atoms with van der Waals surface area (Å²) in [5.41, 5.74) is 8.79. The highest BCUT2D eigenvalue weighted by Crippen LogP contribution is 2.34. The summed E-state index contributed by atoms with van der Waals surface area (Å²) < 4.78 is 15.9. The van der Waals surface area contributed by atoms with Crippen molar-refractivity contribution in [3.05, 3.63) is 57.6 Å². The number of nitrogens with zero attached hydrogens (tertiary/aromatic N) is 3. The van der Waals surface area contributed by atoms with Crippen LogP contribution in [-0.4, -0.2) is 15.2 Å². The van der Waals surface area contributed by atoms with E-state index < -0.39 is 5.82 Å². The van der Waals surface area contributed by atoms with Gasteiger partial charge in [-0.3, -0.25) is 0 Å². The van der Waals surface area contributed by atoms with Crippen molar-refractivity contribution >= 4 is 23.2 Å². The highest BCUT2D eigenvalue weighted by atomic mass is 32.2. The highest BCUT2D eigenvalue weighted by Gasteiger charge is 2.13. The van der Waals surface area contributed by atoms with Crippen LogP contribution >= 0.6 is 11.8 Å². The highest BCUT2D eigenvalue weighted by molar-refractivity contribution is 8.06. The Kier molecular flexibility index (Phi) is 6.64. The first-order valence-electron chi connectivity index (χ1n) is 8.76. The third-order valence-corrected chi connectivity index (χ3v) is 5.43. The number of halogens is 1. The third-order valence-electron chi connectivity index (χ3n) is 4.07. The molecule has 0 saturated carbocycles. The molecule has 4 nitrogen and oxygen atoms in total. The molecule has 2 rings (SSSR count). The fourth-order valence-electron chi connectivity index (χ4n) is 2.55. The Morgan fingerprint density at radius 1 is 1.42 bits per heavy atom. The molecular formula is C20H27FN4S. The number of pyridine rings is 1. The van der Waals surface area contributed by atoms with E-state index >= 15 is 0 Å². The number of aliphatic imine (C=N–C) groups is 1. The van der Waals surface area contributed by atoms with Crippen molar-refractivity contribution in [1.29, 1.82) is 0 Å². The molecule has 2 aromatic rings. The quantitative estimate of drug-likeness (QED) is 0.520. The topological polar surface area (TPSA) is 55.7 Å². The summed E-state index contributed by atoms with van der Waals surface area (Å²) in [7, 11) is 0. The molecule has 140 valence electrons. The smallest absolute Gasteiger partial charge is 0.173 e. The fraction of sp³-hybridized carbons (Fsp3) is 0.400. The Morgan fingerprint density at radius 2 is 2.12 bits per heavy atom. The average molecular weight is 375 g/mol. The van der Waals surface area contributed by atoms with E-state index in [9.17, 15) is 4.39 Å². The maximum atomic E-state index is 14.3. The van der Waals surface area contributed by atoms with Crippen molar-refractivity contribution in [1.82, 2.24) is 9.38 Å². The van der Waals surface area contributed by atoms with Crippen LogP contribution in [0.25, 0.3) is 5.65 Å². The van der Waals surface area contributed by atoms with Crippen LogP contribution in [0.1, 0.15) is 51.8 Å². The molecule has 0 spiro atoms. The number of nitrogens with two attached hydrogens (primary N) is 1. The lowest BCUT2D eigenvalue weighted by atomic mass is 10.1. The zero-order valence-electron chi connectivity index (χ0n) is 16.1. The Labute approximate surface area is 159 Å². The van der Waals surface area contributed by atoms with Crippen LogP contribution in [0.3, 0.4) is 0 Å². The van der Waals surface area contributed by atoms with Gasteiger partial charge in [0, 0.05) is 18.0 Å². The summed E-state index contributed by atoms with van der Waals surface area (Å²) in [6.07, 6.45) is 5.71. The largest absolute Gasteiger partial charge is 0.383 e. The number of aromatic nitrogens is 2. The van der Waals surface area contributed by atoms with Gasteiger partial charge in [0.25, 0.3) is 0 Å². The number of imidazole rings is 1. The lowest BCUT2D eigenvalue weighted by molar-refractivity contribution is 0.627. The average Bonchev–Trinajstić information content (AvgIpc) is 2.95. The summed E-state index contributed by atoms with van der Waals surface area (Å²) in [6.45, 7) is 14.3. The molecule has 26 heavy (non-hydrogen) atoms. The van der Waals surface area contributed by atoms with Crippen LogP contribution in [0, 0.1) is 18.7 Å². The van der Waals surface area contributed by atoms with Gasteiger partial charge in [-0.25, -0.2) is 14.4 Å². The molecule has 0 bridgehead atoms. The molecule has 0 aliphatic heterocycles. The molecule has 0 aliphatic carbocycles. The Balaban J connectivity index is 2.33. The Hall–Kier alpha value is -2.08. The summed E-state index contributed by atoms with van der Waals surface area (Å²) >= 11 is 1.54. The molecule has 1 unspecified atom stereocenters. The molecule has 0 saturated heterocycles. The van der Waals surface area contributed by atoms with Crippen LogP contribution in [0.5, 0.6) is 0 Å². The zero-order chi connectivity index (χ0) is 19.4. The lowest BCUT2D eigenvalue weighted by Gasteiger charge is -2.14. The van der Waals surface area contributed by atoms with Crippen LogP contribution < -0.4 is 5.73 Å². The van der Waals surface area contributed by atoms with Gasteiger partial charge in [0.05, 0.1) is 5.69 Å². The van der Waals surface area contributed by atoms with Crippen molar-refractivity contribution in [2.75, 3.05) is 0 Å². The van der Waals surface area contributed by atoms with E-state index in [0.717, 1.165) is 34.0 Å². The summed E-state index contributed by atoms with van der Waals surface area (Å²) in [5, 5.41) is 0.803. The predicted molar refractivity (Wildman–Crippen MR) is 110 cm³/mol. The molecule has 2 N–H and O–H groups in total. The number of rotatable bonds is 7. The van der Waals surface area contributed by atoms with Crippen molar-refractivity contribution in [2.45, 2.75) is 47.5 Å². The number of allylic oxidation sites excluding steroid dienone is 2. The maximum Gasteiger partial charge on any atom is 0.173 e. The van der Waals surface area contributed by atoms with E-state index in [2.05, 4.69) is 30.4 Å². The lowest BCUT2D eigenvalue weighted by Crippen LogP contribution is -2.15. The Morgan fingerprint density at radius 3 is 2.73 bits per heavy atom. The van der Waals surface area contributed by atoms with Gasteiger partial charge in [0.15, 0.2) is 11.5 Å². The van der Waals surface area contributed by atoms with E-state index in [1.54, 1.807) is 28.6 Å². The standard InChI is InChI=1S/C20H27FN4S/c1-7-8-13(4)15(6)26-20(12(2)3)24-18(22)16-9-17(21)19-23-14(5)10-25(19)11-16/h9-11,13H,6-8H2,1-5H3,(H2,22,24). The number of fused-ring (bicyclic) bond motifs is 1. The van der Waals surface area contributed by atoms with E-state index in [4.69, 9.17) is 5.73 Å². The molecule has 0 aliphatic rings. The molecule has 0 amide bonds. The van der Waals surface area contributed by atoms with Gasteiger partial charge < -0.3 is 10.1 Å². The van der Waals surface area contributed by atoms with Gasteiger partial charge in [-0.15, -0.1) is 0 Å². The minimum Gasteiger partial charge on any atom is -0.383 e. The Bertz CT molecular complexity index is 875. The monoisotopic (exact) mass is 374 g/mol. The number of amidine groups is 1. The second-order valence-electron chi connectivity index (χ2n) is 6.75. The van der Waals surface area contributed by atoms with Crippen LogP contribution in [0.15, 0.2) is 45.5 Å². The van der Waals surface area contributed by atoms with E-state index in [0.29, 0.717) is 11.5 Å². The van der Waals surface area contributed by atoms with Gasteiger partial charge in [-0.05, 0) is 49.7 Å².